The largest absolute Gasteiger partial charge is 0.477 e. The standard InChI is InChI=1S/C12H16N4O4/c1-2-14-5-7-15(8-6-14)11-10(16(19)20)4-3-9(13-11)12(17)18/h3-4H,2,5-8H2,1H3,(H,17,18). The average molecular weight is 280 g/mol. The fraction of sp³-hybridized carbons (Fsp3) is 0.500. The molecule has 1 fully saturated rings. The van der Waals surface area contributed by atoms with Crippen LogP contribution in [0.5, 0.6) is 0 Å². The van der Waals surface area contributed by atoms with Gasteiger partial charge in [0.05, 0.1) is 4.92 Å². The molecular formula is C12H16N4O4. The summed E-state index contributed by atoms with van der Waals surface area (Å²) in [6.45, 7) is 5.76. The molecule has 0 unspecified atom stereocenters. The highest BCUT2D eigenvalue weighted by Crippen LogP contribution is 2.27. The summed E-state index contributed by atoms with van der Waals surface area (Å²) >= 11 is 0. The first-order valence-corrected chi connectivity index (χ1v) is 6.39. The topological polar surface area (TPSA) is 99.8 Å². The number of carboxylic acid groups (broad SMARTS) is 1. The first-order valence-electron chi connectivity index (χ1n) is 6.39. The quantitative estimate of drug-likeness (QED) is 0.644. The van der Waals surface area contributed by atoms with E-state index in [1.165, 1.54) is 6.07 Å². The van der Waals surface area contributed by atoms with Crippen molar-refractivity contribution in [2.75, 3.05) is 37.6 Å². The molecule has 1 aromatic rings. The number of hydrogen-bond acceptors (Lipinski definition) is 6. The van der Waals surface area contributed by atoms with E-state index in [1.54, 1.807) is 4.90 Å². The Morgan fingerprint density at radius 3 is 2.55 bits per heavy atom. The molecule has 0 amide bonds. The minimum Gasteiger partial charge on any atom is -0.477 e. The molecule has 1 aliphatic rings. The van der Waals surface area contributed by atoms with Crippen molar-refractivity contribution in [1.82, 2.24) is 9.88 Å². The second-order valence-corrected chi connectivity index (χ2v) is 4.52. The van der Waals surface area contributed by atoms with E-state index >= 15 is 0 Å². The molecule has 108 valence electrons. The third kappa shape index (κ3) is 2.85. The zero-order chi connectivity index (χ0) is 14.7. The highest BCUT2D eigenvalue weighted by atomic mass is 16.6. The molecule has 2 heterocycles. The molecule has 0 aliphatic carbocycles. The fourth-order valence-corrected chi connectivity index (χ4v) is 2.21. The maximum atomic E-state index is 11.0. The number of hydrogen-bond donors (Lipinski definition) is 1. The van der Waals surface area contributed by atoms with Crippen LogP contribution < -0.4 is 4.90 Å². The van der Waals surface area contributed by atoms with Crippen LogP contribution in [0.3, 0.4) is 0 Å². The number of anilines is 1. The van der Waals surface area contributed by atoms with Crippen molar-refractivity contribution in [2.45, 2.75) is 6.92 Å². The van der Waals surface area contributed by atoms with Crippen molar-refractivity contribution < 1.29 is 14.8 Å². The Morgan fingerprint density at radius 2 is 2.05 bits per heavy atom. The van der Waals surface area contributed by atoms with Crippen LogP contribution >= 0.6 is 0 Å². The van der Waals surface area contributed by atoms with E-state index in [-0.39, 0.29) is 17.2 Å². The number of nitro groups is 1. The molecule has 1 N–H and O–H groups in total. The number of nitrogens with zero attached hydrogens (tertiary/aromatic N) is 4. The van der Waals surface area contributed by atoms with Crippen LogP contribution in [0, 0.1) is 10.1 Å². The molecule has 1 aliphatic heterocycles. The second kappa shape index (κ2) is 5.83. The minimum atomic E-state index is -1.19. The predicted molar refractivity (Wildman–Crippen MR) is 72.2 cm³/mol. The van der Waals surface area contributed by atoms with Crippen molar-refractivity contribution in [3.05, 3.63) is 27.9 Å². The zero-order valence-corrected chi connectivity index (χ0v) is 11.2. The van der Waals surface area contributed by atoms with Crippen molar-refractivity contribution in [2.24, 2.45) is 0 Å². The fourth-order valence-electron chi connectivity index (χ4n) is 2.21. The predicted octanol–water partition coefficient (Wildman–Crippen LogP) is 0.830. The van der Waals surface area contributed by atoms with Gasteiger partial charge in [0, 0.05) is 32.2 Å². The van der Waals surface area contributed by atoms with Crippen LogP contribution in [0.4, 0.5) is 11.5 Å². The number of carboxylic acids is 1. The van der Waals surface area contributed by atoms with Gasteiger partial charge in [-0.3, -0.25) is 10.1 Å². The lowest BCUT2D eigenvalue weighted by molar-refractivity contribution is -0.384. The number of pyridine rings is 1. The molecule has 0 bridgehead atoms. The van der Waals surface area contributed by atoms with E-state index in [0.717, 1.165) is 25.7 Å². The van der Waals surface area contributed by atoms with E-state index in [4.69, 9.17) is 5.11 Å². The highest BCUT2D eigenvalue weighted by molar-refractivity contribution is 5.86. The number of aromatic carboxylic acids is 1. The first-order chi connectivity index (χ1) is 9.52. The molecule has 2 rings (SSSR count). The number of aromatic nitrogens is 1. The van der Waals surface area contributed by atoms with E-state index in [2.05, 4.69) is 16.8 Å². The van der Waals surface area contributed by atoms with Gasteiger partial charge in [0.2, 0.25) is 5.82 Å². The third-order valence-corrected chi connectivity index (χ3v) is 3.39. The van der Waals surface area contributed by atoms with Crippen LogP contribution in [0.15, 0.2) is 12.1 Å². The van der Waals surface area contributed by atoms with Crippen molar-refractivity contribution in [1.29, 1.82) is 0 Å². The van der Waals surface area contributed by atoms with Crippen LogP contribution in [-0.4, -0.2) is 58.6 Å². The summed E-state index contributed by atoms with van der Waals surface area (Å²) in [5, 5.41) is 20.0. The lowest BCUT2D eigenvalue weighted by Crippen LogP contribution is -2.46. The van der Waals surface area contributed by atoms with Gasteiger partial charge in [-0.05, 0) is 12.6 Å². The van der Waals surface area contributed by atoms with Gasteiger partial charge in [0.15, 0.2) is 5.69 Å². The highest BCUT2D eigenvalue weighted by Gasteiger charge is 2.26. The molecule has 0 atom stereocenters. The molecule has 0 radical (unpaired) electrons. The maximum absolute atomic E-state index is 11.0. The SMILES string of the molecule is CCN1CCN(c2nc(C(=O)O)ccc2[N+](=O)[O-])CC1. The molecular weight excluding hydrogens is 264 g/mol. The summed E-state index contributed by atoms with van der Waals surface area (Å²) in [6.07, 6.45) is 0. The Morgan fingerprint density at radius 1 is 1.40 bits per heavy atom. The van der Waals surface area contributed by atoms with Crippen molar-refractivity contribution in [3.8, 4) is 0 Å². The first kappa shape index (κ1) is 14.2. The Bertz CT molecular complexity index is 526. The number of piperazine rings is 1. The van der Waals surface area contributed by atoms with Crippen LogP contribution in [0.2, 0.25) is 0 Å². The zero-order valence-electron chi connectivity index (χ0n) is 11.2. The molecule has 20 heavy (non-hydrogen) atoms. The maximum Gasteiger partial charge on any atom is 0.354 e. The summed E-state index contributed by atoms with van der Waals surface area (Å²) in [4.78, 5) is 29.4. The Kier molecular flexibility index (Phi) is 4.14. The van der Waals surface area contributed by atoms with Gasteiger partial charge in [-0.2, -0.15) is 0 Å². The van der Waals surface area contributed by atoms with Gasteiger partial charge in [-0.15, -0.1) is 0 Å². The third-order valence-electron chi connectivity index (χ3n) is 3.39. The molecule has 0 saturated carbocycles. The van der Waals surface area contributed by atoms with Gasteiger partial charge in [-0.1, -0.05) is 6.92 Å². The summed E-state index contributed by atoms with van der Waals surface area (Å²) in [5.41, 5.74) is -0.330. The van der Waals surface area contributed by atoms with Gasteiger partial charge >= 0.3 is 11.7 Å². The molecule has 0 aromatic carbocycles. The van der Waals surface area contributed by atoms with Gasteiger partial charge in [0.25, 0.3) is 0 Å². The summed E-state index contributed by atoms with van der Waals surface area (Å²) in [7, 11) is 0. The summed E-state index contributed by atoms with van der Waals surface area (Å²) in [6, 6.07) is 2.37. The summed E-state index contributed by atoms with van der Waals surface area (Å²) < 4.78 is 0. The lowest BCUT2D eigenvalue weighted by Gasteiger charge is -2.34. The van der Waals surface area contributed by atoms with Gasteiger partial charge in [-0.25, -0.2) is 9.78 Å². The van der Waals surface area contributed by atoms with Crippen LogP contribution in [0.1, 0.15) is 17.4 Å². The van der Waals surface area contributed by atoms with Crippen molar-refractivity contribution >= 4 is 17.5 Å². The van der Waals surface area contributed by atoms with E-state index in [0.29, 0.717) is 13.1 Å². The second-order valence-electron chi connectivity index (χ2n) is 4.52. The van der Waals surface area contributed by atoms with E-state index in [1.807, 2.05) is 0 Å². The molecule has 8 nitrogen and oxygen atoms in total. The normalized spacial score (nSPS) is 16.1. The number of likely N-dealkylation sites (N-methyl/N-ethyl adjacent to an activating group) is 1. The Labute approximate surface area is 115 Å². The van der Waals surface area contributed by atoms with E-state index in [9.17, 15) is 14.9 Å². The average Bonchev–Trinajstić information content (AvgIpc) is 2.46. The monoisotopic (exact) mass is 280 g/mol. The number of carbonyl (C=O) groups is 1. The number of rotatable bonds is 4. The van der Waals surface area contributed by atoms with Crippen LogP contribution in [-0.2, 0) is 0 Å². The molecule has 1 aromatic heterocycles. The minimum absolute atomic E-state index is 0.144. The van der Waals surface area contributed by atoms with Crippen LogP contribution in [0.25, 0.3) is 0 Å². The lowest BCUT2D eigenvalue weighted by atomic mass is 10.2. The van der Waals surface area contributed by atoms with Crippen molar-refractivity contribution in [3.63, 3.8) is 0 Å². The molecule has 8 heteroatoms. The smallest absolute Gasteiger partial charge is 0.354 e. The Hall–Kier alpha value is -2.22. The van der Waals surface area contributed by atoms with Gasteiger partial charge in [0.1, 0.15) is 0 Å². The van der Waals surface area contributed by atoms with E-state index < -0.39 is 10.9 Å². The molecule has 0 spiro atoms. The summed E-state index contributed by atoms with van der Waals surface area (Å²) in [5.74, 6) is -1.04. The van der Waals surface area contributed by atoms with Gasteiger partial charge < -0.3 is 14.9 Å². The molecule has 1 saturated heterocycles. The Balaban J connectivity index is 2.31.